The van der Waals surface area contributed by atoms with Gasteiger partial charge in [-0.2, -0.15) is 0 Å². The number of rotatable bonds is 5. The van der Waals surface area contributed by atoms with Crippen molar-refractivity contribution in [2.45, 2.75) is 32.9 Å². The van der Waals surface area contributed by atoms with Crippen LogP contribution >= 0.6 is 0 Å². The Morgan fingerprint density at radius 1 is 1.26 bits per heavy atom. The van der Waals surface area contributed by atoms with Gasteiger partial charge in [0.15, 0.2) is 0 Å². The lowest BCUT2D eigenvalue weighted by molar-refractivity contribution is 0.0340. The summed E-state index contributed by atoms with van der Waals surface area (Å²) >= 11 is 0. The fourth-order valence-corrected chi connectivity index (χ4v) is 2.16. The van der Waals surface area contributed by atoms with E-state index < -0.39 is 5.60 Å². The van der Waals surface area contributed by atoms with E-state index in [4.69, 9.17) is 4.42 Å². The first-order chi connectivity index (χ1) is 8.99. The highest BCUT2D eigenvalue weighted by Gasteiger charge is 2.25. The van der Waals surface area contributed by atoms with Gasteiger partial charge in [0.25, 0.3) is 0 Å². The maximum absolute atomic E-state index is 10.3. The van der Waals surface area contributed by atoms with Crippen LogP contribution in [0.4, 0.5) is 0 Å². The van der Waals surface area contributed by atoms with Crippen LogP contribution in [-0.2, 0) is 12.1 Å². The van der Waals surface area contributed by atoms with Crippen molar-refractivity contribution in [2.75, 3.05) is 6.54 Å². The van der Waals surface area contributed by atoms with E-state index in [9.17, 15) is 5.11 Å². The Morgan fingerprint density at radius 2 is 2.05 bits per heavy atom. The first-order valence-corrected chi connectivity index (χ1v) is 6.52. The molecule has 1 atom stereocenters. The van der Waals surface area contributed by atoms with Gasteiger partial charge in [-0.3, -0.25) is 0 Å². The van der Waals surface area contributed by atoms with Gasteiger partial charge in [-0.1, -0.05) is 23.8 Å². The van der Waals surface area contributed by atoms with Crippen LogP contribution in [0.2, 0.25) is 0 Å². The molecule has 0 saturated heterocycles. The molecule has 0 saturated carbocycles. The summed E-state index contributed by atoms with van der Waals surface area (Å²) in [5.41, 5.74) is 2.80. The third kappa shape index (κ3) is 3.46. The molecule has 0 fully saturated rings. The van der Waals surface area contributed by atoms with Crippen molar-refractivity contribution in [3.8, 4) is 0 Å². The summed E-state index contributed by atoms with van der Waals surface area (Å²) in [7, 11) is 0. The highest BCUT2D eigenvalue weighted by molar-refractivity contribution is 5.30. The standard InChI is InChI=1S/C16H21NO2/c1-12-6-7-14(13(2)9-12)10-17-11-16(3,18)15-5-4-8-19-15/h4-9,17-18H,10-11H2,1-3H3. The molecule has 1 aromatic carbocycles. The minimum absolute atomic E-state index is 0.452. The van der Waals surface area contributed by atoms with E-state index in [0.29, 0.717) is 12.3 Å². The predicted octanol–water partition coefficient (Wildman–Crippen LogP) is 2.89. The molecule has 2 N–H and O–H groups in total. The first kappa shape index (κ1) is 13.8. The molecule has 102 valence electrons. The van der Waals surface area contributed by atoms with Crippen molar-refractivity contribution in [1.82, 2.24) is 5.32 Å². The van der Waals surface area contributed by atoms with Crippen molar-refractivity contribution >= 4 is 0 Å². The van der Waals surface area contributed by atoms with Crippen LogP contribution in [0.3, 0.4) is 0 Å². The second-order valence-electron chi connectivity index (χ2n) is 5.28. The van der Waals surface area contributed by atoms with E-state index >= 15 is 0 Å². The quantitative estimate of drug-likeness (QED) is 0.868. The summed E-state index contributed by atoms with van der Waals surface area (Å²) in [5.74, 6) is 0.584. The van der Waals surface area contributed by atoms with Crippen LogP contribution < -0.4 is 5.32 Å². The van der Waals surface area contributed by atoms with Crippen LogP contribution in [0.25, 0.3) is 0 Å². The Labute approximate surface area is 114 Å². The van der Waals surface area contributed by atoms with Crippen molar-refractivity contribution in [3.63, 3.8) is 0 Å². The summed E-state index contributed by atoms with van der Waals surface area (Å²) in [6.07, 6.45) is 1.58. The zero-order valence-electron chi connectivity index (χ0n) is 11.7. The molecule has 3 nitrogen and oxygen atoms in total. The molecule has 0 aliphatic heterocycles. The molecule has 2 aromatic rings. The van der Waals surface area contributed by atoms with E-state index in [1.807, 2.05) is 0 Å². The summed E-state index contributed by atoms with van der Waals surface area (Å²) < 4.78 is 5.25. The average Bonchev–Trinajstić information content (AvgIpc) is 2.86. The summed E-state index contributed by atoms with van der Waals surface area (Å²) in [6.45, 7) is 7.14. The van der Waals surface area contributed by atoms with Crippen molar-refractivity contribution in [2.24, 2.45) is 0 Å². The molecule has 0 aliphatic rings. The molecule has 1 aromatic heterocycles. The molecule has 0 aliphatic carbocycles. The summed E-state index contributed by atoms with van der Waals surface area (Å²) in [6, 6.07) is 9.97. The number of hydrogen-bond acceptors (Lipinski definition) is 3. The maximum Gasteiger partial charge on any atom is 0.136 e. The van der Waals surface area contributed by atoms with Crippen LogP contribution in [-0.4, -0.2) is 11.7 Å². The van der Waals surface area contributed by atoms with Gasteiger partial charge < -0.3 is 14.8 Å². The van der Waals surface area contributed by atoms with Crippen molar-refractivity contribution in [1.29, 1.82) is 0 Å². The van der Waals surface area contributed by atoms with E-state index in [2.05, 4.69) is 37.4 Å². The van der Waals surface area contributed by atoms with Gasteiger partial charge in [0.1, 0.15) is 11.4 Å². The molecule has 0 amide bonds. The summed E-state index contributed by atoms with van der Waals surface area (Å²) in [5, 5.41) is 13.6. The van der Waals surface area contributed by atoms with Crippen LogP contribution in [0.15, 0.2) is 41.0 Å². The average molecular weight is 259 g/mol. The lowest BCUT2D eigenvalue weighted by Crippen LogP contribution is -2.34. The van der Waals surface area contributed by atoms with Crippen LogP contribution in [0, 0.1) is 13.8 Å². The van der Waals surface area contributed by atoms with Crippen molar-refractivity contribution in [3.05, 3.63) is 59.0 Å². The predicted molar refractivity (Wildman–Crippen MR) is 75.9 cm³/mol. The zero-order chi connectivity index (χ0) is 13.9. The lowest BCUT2D eigenvalue weighted by Gasteiger charge is -2.21. The number of aryl methyl sites for hydroxylation is 2. The smallest absolute Gasteiger partial charge is 0.136 e. The molecular weight excluding hydrogens is 238 g/mol. The Balaban J connectivity index is 1.93. The highest BCUT2D eigenvalue weighted by atomic mass is 16.4. The van der Waals surface area contributed by atoms with Gasteiger partial charge >= 0.3 is 0 Å². The SMILES string of the molecule is Cc1ccc(CNCC(C)(O)c2ccco2)c(C)c1. The number of hydrogen-bond donors (Lipinski definition) is 2. The largest absolute Gasteiger partial charge is 0.466 e. The number of benzene rings is 1. The Morgan fingerprint density at radius 3 is 2.68 bits per heavy atom. The molecule has 0 radical (unpaired) electrons. The number of nitrogens with one attached hydrogen (secondary N) is 1. The minimum Gasteiger partial charge on any atom is -0.466 e. The number of aliphatic hydroxyl groups is 1. The zero-order valence-corrected chi connectivity index (χ0v) is 11.7. The third-order valence-corrected chi connectivity index (χ3v) is 3.33. The van der Waals surface area contributed by atoms with Crippen LogP contribution in [0.5, 0.6) is 0 Å². The van der Waals surface area contributed by atoms with Gasteiger partial charge in [0.05, 0.1) is 6.26 Å². The second kappa shape index (κ2) is 5.59. The summed E-state index contributed by atoms with van der Waals surface area (Å²) in [4.78, 5) is 0. The molecule has 1 unspecified atom stereocenters. The Hall–Kier alpha value is -1.58. The van der Waals surface area contributed by atoms with Gasteiger partial charge in [0.2, 0.25) is 0 Å². The lowest BCUT2D eigenvalue weighted by atomic mass is 10.0. The molecule has 0 bridgehead atoms. The maximum atomic E-state index is 10.3. The first-order valence-electron chi connectivity index (χ1n) is 6.52. The van der Waals surface area contributed by atoms with E-state index in [1.165, 1.54) is 16.7 Å². The molecule has 3 heteroatoms. The highest BCUT2D eigenvalue weighted by Crippen LogP contribution is 2.20. The van der Waals surface area contributed by atoms with E-state index in [0.717, 1.165) is 6.54 Å². The molecule has 0 spiro atoms. The van der Waals surface area contributed by atoms with Gasteiger partial charge in [-0.15, -0.1) is 0 Å². The fourth-order valence-electron chi connectivity index (χ4n) is 2.16. The van der Waals surface area contributed by atoms with Crippen molar-refractivity contribution < 1.29 is 9.52 Å². The monoisotopic (exact) mass is 259 g/mol. The molecular formula is C16H21NO2. The Bertz CT molecular complexity index is 530. The second-order valence-corrected chi connectivity index (χ2v) is 5.28. The van der Waals surface area contributed by atoms with Gasteiger partial charge in [0, 0.05) is 13.1 Å². The molecule has 19 heavy (non-hydrogen) atoms. The fraction of sp³-hybridized carbons (Fsp3) is 0.375. The topological polar surface area (TPSA) is 45.4 Å². The molecule has 1 heterocycles. The minimum atomic E-state index is -0.984. The van der Waals surface area contributed by atoms with E-state index in [-0.39, 0.29) is 0 Å². The Kier molecular flexibility index (Phi) is 4.08. The third-order valence-electron chi connectivity index (χ3n) is 3.33. The van der Waals surface area contributed by atoms with E-state index in [1.54, 1.807) is 25.3 Å². The molecule has 2 rings (SSSR count). The number of furan rings is 1. The van der Waals surface area contributed by atoms with Gasteiger partial charge in [-0.05, 0) is 44.0 Å². The van der Waals surface area contributed by atoms with Crippen LogP contribution in [0.1, 0.15) is 29.4 Å². The normalized spacial score (nSPS) is 14.3. The van der Waals surface area contributed by atoms with Gasteiger partial charge in [-0.25, -0.2) is 0 Å².